The lowest BCUT2D eigenvalue weighted by atomic mass is 10.2. The molecule has 0 saturated heterocycles. The Kier molecular flexibility index (Phi) is 4.94. The van der Waals surface area contributed by atoms with Crippen LogP contribution in [0.1, 0.15) is 10.4 Å². The average molecular weight is 349 g/mol. The highest BCUT2D eigenvalue weighted by Crippen LogP contribution is 2.17. The summed E-state index contributed by atoms with van der Waals surface area (Å²) in [5.74, 6) is -0.224. The number of ether oxygens (including phenoxy) is 1. The Balaban J connectivity index is 2.08. The number of halogens is 1. The zero-order chi connectivity index (χ0) is 15.2. The lowest BCUT2D eigenvalue weighted by Gasteiger charge is -2.08. The first-order chi connectivity index (χ1) is 10.1. The first-order valence-electron chi connectivity index (χ1n) is 6.10. The minimum Gasteiger partial charge on any atom is -0.453 e. The van der Waals surface area contributed by atoms with E-state index in [0.29, 0.717) is 16.9 Å². The molecule has 2 amide bonds. The Morgan fingerprint density at radius 3 is 2.24 bits per heavy atom. The van der Waals surface area contributed by atoms with Gasteiger partial charge < -0.3 is 10.1 Å². The number of carbonyl (C=O) groups is 2. The molecule has 2 N–H and O–H groups in total. The van der Waals surface area contributed by atoms with Gasteiger partial charge in [0.2, 0.25) is 0 Å². The van der Waals surface area contributed by atoms with Gasteiger partial charge >= 0.3 is 6.09 Å². The molecule has 6 heteroatoms. The van der Waals surface area contributed by atoms with Crippen molar-refractivity contribution in [1.29, 1.82) is 0 Å². The monoisotopic (exact) mass is 348 g/mol. The second-order valence-corrected chi connectivity index (χ2v) is 5.07. The van der Waals surface area contributed by atoms with Gasteiger partial charge in [0.05, 0.1) is 7.11 Å². The van der Waals surface area contributed by atoms with E-state index in [4.69, 9.17) is 0 Å². The van der Waals surface area contributed by atoms with E-state index < -0.39 is 6.09 Å². The van der Waals surface area contributed by atoms with E-state index in [0.717, 1.165) is 4.47 Å². The normalized spacial score (nSPS) is 9.81. The van der Waals surface area contributed by atoms with Crippen molar-refractivity contribution in [3.05, 3.63) is 58.6 Å². The topological polar surface area (TPSA) is 67.4 Å². The summed E-state index contributed by atoms with van der Waals surface area (Å²) >= 11 is 3.32. The molecule has 108 valence electrons. The maximum atomic E-state index is 12.1. The van der Waals surface area contributed by atoms with Gasteiger partial charge in [-0.3, -0.25) is 10.1 Å². The van der Waals surface area contributed by atoms with Gasteiger partial charge in [-0.2, -0.15) is 0 Å². The molecule has 0 aliphatic heterocycles. The molecule has 0 radical (unpaired) electrons. The van der Waals surface area contributed by atoms with Crippen LogP contribution in [0.15, 0.2) is 53.0 Å². The Morgan fingerprint density at radius 2 is 1.62 bits per heavy atom. The van der Waals surface area contributed by atoms with Crippen molar-refractivity contribution in [3.8, 4) is 0 Å². The number of methoxy groups -OCH3 is 1. The summed E-state index contributed by atoms with van der Waals surface area (Å²) < 4.78 is 5.42. The van der Waals surface area contributed by atoms with Gasteiger partial charge in [0, 0.05) is 21.4 Å². The minimum atomic E-state index is -0.564. The van der Waals surface area contributed by atoms with Crippen molar-refractivity contribution in [2.24, 2.45) is 0 Å². The number of carbonyl (C=O) groups excluding carboxylic acids is 2. The number of hydrogen-bond acceptors (Lipinski definition) is 3. The van der Waals surface area contributed by atoms with Gasteiger partial charge in [0.15, 0.2) is 0 Å². The fourth-order valence-electron chi connectivity index (χ4n) is 1.65. The van der Waals surface area contributed by atoms with Gasteiger partial charge in [0.25, 0.3) is 5.91 Å². The molecule has 21 heavy (non-hydrogen) atoms. The van der Waals surface area contributed by atoms with Gasteiger partial charge in [-0.05, 0) is 42.5 Å². The molecule has 0 aromatic heterocycles. The van der Waals surface area contributed by atoms with E-state index in [9.17, 15) is 9.59 Å². The Labute approximate surface area is 130 Å². The van der Waals surface area contributed by atoms with E-state index in [1.807, 2.05) is 0 Å². The summed E-state index contributed by atoms with van der Waals surface area (Å²) in [5, 5.41) is 5.30. The van der Waals surface area contributed by atoms with Gasteiger partial charge in [-0.1, -0.05) is 22.0 Å². The first-order valence-corrected chi connectivity index (χ1v) is 6.90. The predicted molar refractivity (Wildman–Crippen MR) is 84.6 cm³/mol. The molecule has 0 unspecified atom stereocenters. The van der Waals surface area contributed by atoms with Crippen LogP contribution in [0, 0.1) is 0 Å². The third kappa shape index (κ3) is 4.32. The van der Waals surface area contributed by atoms with Crippen molar-refractivity contribution < 1.29 is 14.3 Å². The van der Waals surface area contributed by atoms with Gasteiger partial charge in [0.1, 0.15) is 0 Å². The Bertz CT molecular complexity index is 656. The molecule has 0 fully saturated rings. The van der Waals surface area contributed by atoms with E-state index >= 15 is 0 Å². The molecule has 5 nitrogen and oxygen atoms in total. The Morgan fingerprint density at radius 1 is 1.00 bits per heavy atom. The van der Waals surface area contributed by atoms with E-state index in [1.54, 1.807) is 48.5 Å². The summed E-state index contributed by atoms with van der Waals surface area (Å²) in [4.78, 5) is 23.2. The quantitative estimate of drug-likeness (QED) is 0.884. The second kappa shape index (κ2) is 6.90. The summed E-state index contributed by atoms with van der Waals surface area (Å²) in [6.45, 7) is 0. The highest BCUT2D eigenvalue weighted by atomic mass is 79.9. The second-order valence-electron chi connectivity index (χ2n) is 4.16. The highest BCUT2D eigenvalue weighted by Gasteiger charge is 2.07. The molecular weight excluding hydrogens is 336 g/mol. The molecular formula is C15H13BrN2O3. The zero-order valence-corrected chi connectivity index (χ0v) is 12.8. The molecule has 0 bridgehead atoms. The molecule has 0 aliphatic carbocycles. The largest absolute Gasteiger partial charge is 0.453 e. The summed E-state index contributed by atoms with van der Waals surface area (Å²) in [6, 6.07) is 13.8. The van der Waals surface area contributed by atoms with Crippen LogP contribution in [0.5, 0.6) is 0 Å². The Hall–Kier alpha value is -2.34. The lowest BCUT2D eigenvalue weighted by Crippen LogP contribution is -2.13. The fourth-order valence-corrected chi connectivity index (χ4v) is 1.91. The molecule has 2 aromatic rings. The number of anilines is 2. The van der Waals surface area contributed by atoms with Crippen molar-refractivity contribution >= 4 is 39.3 Å². The number of rotatable bonds is 3. The van der Waals surface area contributed by atoms with E-state index in [-0.39, 0.29) is 5.91 Å². The minimum absolute atomic E-state index is 0.224. The summed E-state index contributed by atoms with van der Waals surface area (Å²) in [6.07, 6.45) is -0.564. The fraction of sp³-hybridized carbons (Fsp3) is 0.0667. The lowest BCUT2D eigenvalue weighted by molar-refractivity contribution is 0.102. The standard InChI is InChI=1S/C15H13BrN2O3/c1-21-15(20)18-13-4-2-3-12(9-13)17-14(19)10-5-7-11(16)8-6-10/h2-9H,1H3,(H,17,19)(H,18,20). The number of nitrogens with one attached hydrogen (secondary N) is 2. The smallest absolute Gasteiger partial charge is 0.411 e. The van der Waals surface area contributed by atoms with Crippen LogP contribution in [0.4, 0.5) is 16.2 Å². The highest BCUT2D eigenvalue weighted by molar-refractivity contribution is 9.10. The van der Waals surface area contributed by atoms with Crippen molar-refractivity contribution in [2.45, 2.75) is 0 Å². The number of benzene rings is 2. The van der Waals surface area contributed by atoms with Crippen molar-refractivity contribution in [1.82, 2.24) is 0 Å². The summed E-state index contributed by atoms with van der Waals surface area (Å²) in [7, 11) is 1.29. The average Bonchev–Trinajstić information content (AvgIpc) is 2.48. The van der Waals surface area contributed by atoms with Crippen molar-refractivity contribution in [3.63, 3.8) is 0 Å². The maximum absolute atomic E-state index is 12.1. The molecule has 2 aromatic carbocycles. The first kappa shape index (κ1) is 15.1. The van der Waals surface area contributed by atoms with Crippen LogP contribution < -0.4 is 10.6 Å². The van der Waals surface area contributed by atoms with Crippen LogP contribution in [-0.4, -0.2) is 19.1 Å². The van der Waals surface area contributed by atoms with Crippen LogP contribution in [0.2, 0.25) is 0 Å². The molecule has 2 rings (SSSR count). The van der Waals surface area contributed by atoms with Crippen LogP contribution in [0.25, 0.3) is 0 Å². The predicted octanol–water partition coefficient (Wildman–Crippen LogP) is 3.88. The van der Waals surface area contributed by atoms with Crippen molar-refractivity contribution in [2.75, 3.05) is 17.7 Å². The number of hydrogen-bond donors (Lipinski definition) is 2. The van der Waals surface area contributed by atoms with E-state index in [2.05, 4.69) is 31.3 Å². The SMILES string of the molecule is COC(=O)Nc1cccc(NC(=O)c2ccc(Br)cc2)c1. The van der Waals surface area contributed by atoms with E-state index in [1.165, 1.54) is 7.11 Å². The third-order valence-electron chi connectivity index (χ3n) is 2.66. The maximum Gasteiger partial charge on any atom is 0.411 e. The molecule has 0 spiro atoms. The van der Waals surface area contributed by atoms with Gasteiger partial charge in [-0.25, -0.2) is 4.79 Å². The molecule has 0 saturated carbocycles. The summed E-state index contributed by atoms with van der Waals surface area (Å²) in [5.41, 5.74) is 1.66. The van der Waals surface area contributed by atoms with Crippen LogP contribution in [0.3, 0.4) is 0 Å². The zero-order valence-electron chi connectivity index (χ0n) is 11.2. The van der Waals surface area contributed by atoms with Gasteiger partial charge in [-0.15, -0.1) is 0 Å². The third-order valence-corrected chi connectivity index (χ3v) is 3.19. The molecule has 0 heterocycles. The van der Waals surface area contributed by atoms with Crippen LogP contribution >= 0.6 is 15.9 Å². The number of amides is 2. The van der Waals surface area contributed by atoms with Crippen LogP contribution in [-0.2, 0) is 4.74 Å². The molecule has 0 atom stereocenters. The molecule has 0 aliphatic rings.